The van der Waals surface area contributed by atoms with Crippen LogP contribution in [0.3, 0.4) is 0 Å². The second kappa shape index (κ2) is 4.72. The highest BCUT2D eigenvalue weighted by molar-refractivity contribution is 7.07. The lowest BCUT2D eigenvalue weighted by Gasteiger charge is -2.25. The Morgan fingerprint density at radius 2 is 2.31 bits per heavy atom. The molecule has 1 heterocycles. The van der Waals surface area contributed by atoms with Crippen LogP contribution in [0.4, 0.5) is 0 Å². The van der Waals surface area contributed by atoms with Crippen LogP contribution in [-0.4, -0.2) is 10.5 Å². The fourth-order valence-corrected chi connectivity index (χ4v) is 1.93. The van der Waals surface area contributed by atoms with Crippen molar-refractivity contribution < 1.29 is 0 Å². The average molecular weight is 198 g/mol. The second-order valence-corrected chi connectivity index (χ2v) is 4.69. The van der Waals surface area contributed by atoms with Crippen molar-refractivity contribution in [2.75, 3.05) is 0 Å². The molecule has 1 aromatic rings. The minimum Gasteiger partial charge on any atom is -0.306 e. The van der Waals surface area contributed by atoms with Crippen molar-refractivity contribution in [1.82, 2.24) is 10.3 Å². The number of nitrogens with one attached hydrogen (secondary N) is 1. The Kier molecular flexibility index (Phi) is 3.88. The number of aromatic nitrogens is 1. The number of hydrogen-bond acceptors (Lipinski definition) is 3. The van der Waals surface area contributed by atoms with Gasteiger partial charge in [-0.2, -0.15) is 0 Å². The van der Waals surface area contributed by atoms with E-state index in [4.69, 9.17) is 0 Å². The first kappa shape index (κ1) is 10.7. The summed E-state index contributed by atoms with van der Waals surface area (Å²) in [6.07, 6.45) is 2.42. The molecule has 0 radical (unpaired) electrons. The first-order chi connectivity index (χ1) is 6.14. The van der Waals surface area contributed by atoms with Gasteiger partial charge in [0.15, 0.2) is 0 Å². The molecule has 1 N–H and O–H groups in total. The predicted molar refractivity (Wildman–Crippen MR) is 57.9 cm³/mol. The molecule has 1 rings (SSSR count). The molecule has 0 amide bonds. The molecule has 0 bridgehead atoms. The molecule has 0 atom stereocenters. The zero-order valence-electron chi connectivity index (χ0n) is 8.63. The van der Waals surface area contributed by atoms with Crippen LogP contribution in [0.1, 0.15) is 39.3 Å². The summed E-state index contributed by atoms with van der Waals surface area (Å²) in [5.74, 6) is 0. The number of rotatable bonds is 5. The first-order valence-corrected chi connectivity index (χ1v) is 5.70. The Morgan fingerprint density at radius 3 is 2.85 bits per heavy atom. The van der Waals surface area contributed by atoms with E-state index in [-0.39, 0.29) is 5.54 Å². The zero-order valence-corrected chi connectivity index (χ0v) is 9.45. The molecule has 0 aliphatic carbocycles. The summed E-state index contributed by atoms with van der Waals surface area (Å²) in [5.41, 5.74) is 3.26. The van der Waals surface area contributed by atoms with Gasteiger partial charge < -0.3 is 5.32 Å². The quantitative estimate of drug-likeness (QED) is 0.787. The molecular formula is C10H18N2S. The lowest BCUT2D eigenvalue weighted by Crippen LogP contribution is -2.38. The van der Waals surface area contributed by atoms with Crippen molar-refractivity contribution in [3.63, 3.8) is 0 Å². The highest BCUT2D eigenvalue weighted by Crippen LogP contribution is 2.12. The number of hydrogen-bond donors (Lipinski definition) is 1. The molecule has 1 aromatic heterocycles. The summed E-state index contributed by atoms with van der Waals surface area (Å²) in [6, 6.07) is 0. The molecule has 0 saturated carbocycles. The van der Waals surface area contributed by atoms with Gasteiger partial charge in [0, 0.05) is 17.5 Å². The van der Waals surface area contributed by atoms with Crippen LogP contribution < -0.4 is 5.32 Å². The van der Waals surface area contributed by atoms with E-state index in [1.54, 1.807) is 11.3 Å². The normalized spacial score (nSPS) is 11.9. The van der Waals surface area contributed by atoms with Gasteiger partial charge >= 0.3 is 0 Å². The summed E-state index contributed by atoms with van der Waals surface area (Å²) < 4.78 is 0. The van der Waals surface area contributed by atoms with Gasteiger partial charge in [0.25, 0.3) is 0 Å². The van der Waals surface area contributed by atoms with Crippen molar-refractivity contribution in [2.45, 2.75) is 45.7 Å². The fraction of sp³-hybridized carbons (Fsp3) is 0.700. The van der Waals surface area contributed by atoms with Crippen molar-refractivity contribution in [3.8, 4) is 0 Å². The Bertz CT molecular complexity index is 229. The smallest absolute Gasteiger partial charge is 0.0795 e. The molecule has 0 fully saturated rings. The molecule has 0 saturated heterocycles. The fourth-order valence-electron chi connectivity index (χ4n) is 1.37. The van der Waals surface area contributed by atoms with E-state index in [2.05, 4.69) is 36.5 Å². The van der Waals surface area contributed by atoms with Crippen LogP contribution >= 0.6 is 11.3 Å². The van der Waals surface area contributed by atoms with E-state index >= 15 is 0 Å². The van der Waals surface area contributed by atoms with Crippen molar-refractivity contribution in [1.29, 1.82) is 0 Å². The average Bonchev–Trinajstić information content (AvgIpc) is 2.52. The summed E-state index contributed by atoms with van der Waals surface area (Å²) in [4.78, 5) is 4.24. The highest BCUT2D eigenvalue weighted by atomic mass is 32.1. The summed E-state index contributed by atoms with van der Waals surface area (Å²) in [7, 11) is 0. The summed E-state index contributed by atoms with van der Waals surface area (Å²) in [5, 5.41) is 5.60. The molecule has 0 aliphatic heterocycles. The van der Waals surface area contributed by atoms with Gasteiger partial charge in [-0.05, 0) is 20.3 Å². The van der Waals surface area contributed by atoms with Gasteiger partial charge in [-0.3, -0.25) is 0 Å². The van der Waals surface area contributed by atoms with Gasteiger partial charge in [0.2, 0.25) is 0 Å². The van der Waals surface area contributed by atoms with E-state index in [9.17, 15) is 0 Å². The minimum atomic E-state index is 0.234. The lowest BCUT2D eigenvalue weighted by atomic mass is 9.99. The van der Waals surface area contributed by atoms with Crippen LogP contribution in [0.2, 0.25) is 0 Å². The molecule has 0 aliphatic rings. The maximum Gasteiger partial charge on any atom is 0.0795 e. The van der Waals surface area contributed by atoms with Gasteiger partial charge in [0.1, 0.15) is 0 Å². The third-order valence-corrected chi connectivity index (χ3v) is 2.74. The van der Waals surface area contributed by atoms with Gasteiger partial charge in [-0.15, -0.1) is 11.3 Å². The summed E-state index contributed by atoms with van der Waals surface area (Å²) in [6.45, 7) is 7.58. The largest absolute Gasteiger partial charge is 0.306 e. The van der Waals surface area contributed by atoms with Gasteiger partial charge in [-0.1, -0.05) is 13.3 Å². The maximum absolute atomic E-state index is 4.24. The lowest BCUT2D eigenvalue weighted by molar-refractivity contribution is 0.355. The van der Waals surface area contributed by atoms with Crippen LogP contribution in [-0.2, 0) is 6.54 Å². The molecule has 3 heteroatoms. The molecule has 0 unspecified atom stereocenters. The van der Waals surface area contributed by atoms with Crippen molar-refractivity contribution >= 4 is 11.3 Å². The van der Waals surface area contributed by atoms with Crippen molar-refractivity contribution in [2.24, 2.45) is 0 Å². The topological polar surface area (TPSA) is 24.9 Å². The molecular weight excluding hydrogens is 180 g/mol. The second-order valence-electron chi connectivity index (χ2n) is 3.97. The maximum atomic E-state index is 4.24. The van der Waals surface area contributed by atoms with E-state index in [1.807, 2.05) is 5.51 Å². The zero-order chi connectivity index (χ0) is 9.73. The third-order valence-electron chi connectivity index (χ3n) is 2.11. The first-order valence-electron chi connectivity index (χ1n) is 4.76. The summed E-state index contributed by atoms with van der Waals surface area (Å²) >= 11 is 1.65. The van der Waals surface area contributed by atoms with E-state index in [1.165, 1.54) is 12.8 Å². The van der Waals surface area contributed by atoms with E-state index < -0.39 is 0 Å². The van der Waals surface area contributed by atoms with Gasteiger partial charge in [0.05, 0.1) is 11.2 Å². The monoisotopic (exact) mass is 198 g/mol. The predicted octanol–water partition coefficient (Wildman–Crippen LogP) is 2.81. The highest BCUT2D eigenvalue weighted by Gasteiger charge is 2.15. The van der Waals surface area contributed by atoms with Crippen molar-refractivity contribution in [3.05, 3.63) is 16.6 Å². The van der Waals surface area contributed by atoms with Gasteiger partial charge in [-0.25, -0.2) is 4.98 Å². The SMILES string of the molecule is CCCC(C)(C)NCc1cscn1. The molecule has 74 valence electrons. The standard InChI is InChI=1S/C10H18N2S/c1-4-5-10(2,3)12-6-9-7-13-8-11-9/h7-8,12H,4-6H2,1-3H3. The van der Waals surface area contributed by atoms with Crippen LogP contribution in [0.5, 0.6) is 0 Å². The van der Waals surface area contributed by atoms with Crippen LogP contribution in [0.15, 0.2) is 10.9 Å². The number of nitrogens with zero attached hydrogens (tertiary/aromatic N) is 1. The third kappa shape index (κ3) is 3.87. The Labute approximate surface area is 84.4 Å². The van der Waals surface area contributed by atoms with Crippen LogP contribution in [0.25, 0.3) is 0 Å². The molecule has 0 spiro atoms. The Hall–Kier alpha value is -0.410. The number of thiazole rings is 1. The molecule has 13 heavy (non-hydrogen) atoms. The molecule has 2 nitrogen and oxygen atoms in total. The molecule has 0 aromatic carbocycles. The van der Waals surface area contributed by atoms with E-state index in [0.717, 1.165) is 12.2 Å². The Morgan fingerprint density at radius 1 is 1.54 bits per heavy atom. The Balaban J connectivity index is 2.33. The van der Waals surface area contributed by atoms with E-state index in [0.29, 0.717) is 0 Å². The minimum absolute atomic E-state index is 0.234. The van der Waals surface area contributed by atoms with Crippen LogP contribution in [0, 0.1) is 0 Å².